The van der Waals surface area contributed by atoms with Crippen LogP contribution in [0.1, 0.15) is 201 Å². The SMILES string of the molecule is CC/C=C\C/C=C\C/C=C\C/C=C\C/C=C\C/C=C\CCC=O.CCCCCCCCCCCCCCCCCC(N)=O.CCCCCCNC. The van der Waals surface area contributed by atoms with Crippen molar-refractivity contribution in [1.29, 1.82) is 0 Å². The first-order valence-corrected chi connectivity index (χ1v) is 21.4. The fraction of sp³-hybridized carbons (Fsp3) is 0.702. The molecule has 0 aromatic heterocycles. The molecule has 0 radical (unpaired) electrons. The maximum Gasteiger partial charge on any atom is 0.217 e. The van der Waals surface area contributed by atoms with Gasteiger partial charge in [-0.05, 0) is 71.4 Å². The number of amides is 1. The van der Waals surface area contributed by atoms with Gasteiger partial charge in [-0.15, -0.1) is 0 Å². The van der Waals surface area contributed by atoms with Crippen molar-refractivity contribution in [3.63, 3.8) is 0 Å². The molecule has 0 saturated carbocycles. The van der Waals surface area contributed by atoms with Gasteiger partial charge >= 0.3 is 0 Å². The van der Waals surface area contributed by atoms with E-state index in [1.54, 1.807) is 0 Å². The Morgan fingerprint density at radius 1 is 0.451 bits per heavy atom. The lowest BCUT2D eigenvalue weighted by Gasteiger charge is -2.03. The molecule has 0 bridgehead atoms. The maximum atomic E-state index is 10.6. The zero-order chi connectivity index (χ0) is 38.0. The van der Waals surface area contributed by atoms with Gasteiger partial charge in [-0.3, -0.25) is 4.79 Å². The topological polar surface area (TPSA) is 72.2 Å². The van der Waals surface area contributed by atoms with Gasteiger partial charge in [0, 0.05) is 12.8 Å². The van der Waals surface area contributed by atoms with Crippen molar-refractivity contribution in [3.8, 4) is 0 Å². The third-order valence-corrected chi connectivity index (χ3v) is 8.35. The van der Waals surface area contributed by atoms with Gasteiger partial charge in [-0.1, -0.05) is 203 Å². The number of hydrogen-bond acceptors (Lipinski definition) is 3. The van der Waals surface area contributed by atoms with E-state index in [2.05, 4.69) is 99.0 Å². The molecule has 3 N–H and O–H groups in total. The molecule has 0 spiro atoms. The van der Waals surface area contributed by atoms with Crippen LogP contribution in [-0.2, 0) is 9.59 Å². The molecule has 0 aliphatic heterocycles. The largest absolute Gasteiger partial charge is 0.370 e. The maximum absolute atomic E-state index is 10.6. The third-order valence-electron chi connectivity index (χ3n) is 8.35. The van der Waals surface area contributed by atoms with Gasteiger partial charge in [0.2, 0.25) is 5.91 Å². The zero-order valence-electron chi connectivity index (χ0n) is 34.4. The monoisotopic (exact) mass is 711 g/mol. The summed E-state index contributed by atoms with van der Waals surface area (Å²) in [7, 11) is 2.01. The lowest BCUT2D eigenvalue weighted by Crippen LogP contribution is -2.09. The van der Waals surface area contributed by atoms with E-state index in [1.165, 1.54) is 122 Å². The Kier molecular flexibility index (Phi) is 56.3. The van der Waals surface area contributed by atoms with Crippen molar-refractivity contribution in [1.82, 2.24) is 5.32 Å². The second kappa shape index (κ2) is 54.3. The molecular formula is C47H86N2O2. The van der Waals surface area contributed by atoms with Gasteiger partial charge in [0.25, 0.3) is 0 Å². The van der Waals surface area contributed by atoms with E-state index in [0.29, 0.717) is 12.8 Å². The van der Waals surface area contributed by atoms with Crippen LogP contribution < -0.4 is 11.1 Å². The lowest BCUT2D eigenvalue weighted by atomic mass is 10.0. The summed E-state index contributed by atoms with van der Waals surface area (Å²) < 4.78 is 0. The molecule has 0 atom stereocenters. The highest BCUT2D eigenvalue weighted by molar-refractivity contribution is 5.73. The number of primary amides is 1. The van der Waals surface area contributed by atoms with Crippen molar-refractivity contribution in [2.45, 2.75) is 201 Å². The number of carbonyl (C=O) groups excluding carboxylic acids is 2. The standard InChI is InChI=1S/C22H32O.C18H37NO.C7H17N/c1-2-3-4-5-6-7-8-9-10-11-12-13-14-15-16-17-18-19-20-21-22-23;1-2-3-4-5-6-7-8-9-10-11-12-13-14-15-16-17-18(19)20;1-3-4-5-6-7-8-2/h3-4,6-7,9-10,12-13,15-16,18-19,22H,2,5,8,11,14,17,20-21H2,1H3;2-17H2,1H3,(H2,19,20);8H,3-7H2,1-2H3/b4-3-,7-6-,10-9-,13-12-,16-15-,19-18-;;. The van der Waals surface area contributed by atoms with Crippen LogP contribution in [0.5, 0.6) is 0 Å². The summed E-state index contributed by atoms with van der Waals surface area (Å²) in [5.74, 6) is -0.153. The van der Waals surface area contributed by atoms with Crippen LogP contribution >= 0.6 is 0 Å². The Morgan fingerprint density at radius 3 is 1.12 bits per heavy atom. The number of hydrogen-bond donors (Lipinski definition) is 2. The van der Waals surface area contributed by atoms with Crippen LogP contribution in [-0.4, -0.2) is 25.8 Å². The van der Waals surface area contributed by atoms with E-state index in [9.17, 15) is 9.59 Å². The number of unbranched alkanes of at least 4 members (excludes halogenated alkanes) is 18. The molecule has 0 fully saturated rings. The Bertz CT molecular complexity index is 831. The van der Waals surface area contributed by atoms with E-state index in [4.69, 9.17) is 5.73 Å². The van der Waals surface area contributed by atoms with E-state index in [-0.39, 0.29) is 5.91 Å². The Labute approximate surface area is 319 Å². The molecule has 0 heterocycles. The number of aldehydes is 1. The van der Waals surface area contributed by atoms with Crippen molar-refractivity contribution < 1.29 is 9.59 Å². The van der Waals surface area contributed by atoms with E-state index < -0.39 is 0 Å². The van der Waals surface area contributed by atoms with Crippen molar-refractivity contribution in [2.24, 2.45) is 5.73 Å². The highest BCUT2D eigenvalue weighted by Gasteiger charge is 1.96. The van der Waals surface area contributed by atoms with E-state index in [1.807, 2.05) is 7.05 Å². The first-order valence-electron chi connectivity index (χ1n) is 21.4. The molecule has 0 unspecified atom stereocenters. The van der Waals surface area contributed by atoms with Gasteiger partial charge in [0.05, 0.1) is 0 Å². The number of nitrogens with one attached hydrogen (secondary N) is 1. The minimum atomic E-state index is -0.153. The Hall–Kier alpha value is -2.46. The van der Waals surface area contributed by atoms with Crippen LogP contribution in [0.25, 0.3) is 0 Å². The first kappa shape index (κ1) is 52.9. The van der Waals surface area contributed by atoms with Gasteiger partial charge in [0.15, 0.2) is 0 Å². The van der Waals surface area contributed by atoms with Gasteiger partial charge in [-0.25, -0.2) is 0 Å². The fourth-order valence-corrected chi connectivity index (χ4v) is 5.20. The molecule has 0 aromatic rings. The van der Waals surface area contributed by atoms with Crippen LogP contribution in [0.4, 0.5) is 0 Å². The van der Waals surface area contributed by atoms with Crippen molar-refractivity contribution >= 4 is 12.2 Å². The Balaban J connectivity index is -0.000000749. The highest BCUT2D eigenvalue weighted by atomic mass is 16.1. The summed E-state index contributed by atoms with van der Waals surface area (Å²) in [6.45, 7) is 7.85. The minimum Gasteiger partial charge on any atom is -0.370 e. The van der Waals surface area contributed by atoms with Crippen molar-refractivity contribution in [3.05, 3.63) is 72.9 Å². The third kappa shape index (κ3) is 63.1. The molecule has 0 saturated heterocycles. The molecule has 0 aliphatic rings. The second-order valence-electron chi connectivity index (χ2n) is 13.5. The number of carbonyl (C=O) groups is 2. The molecule has 0 aliphatic carbocycles. The molecule has 0 rings (SSSR count). The summed E-state index contributed by atoms with van der Waals surface area (Å²) in [4.78, 5) is 20.7. The predicted octanol–water partition coefficient (Wildman–Crippen LogP) is 14.2. The van der Waals surface area contributed by atoms with Crippen LogP contribution in [0.3, 0.4) is 0 Å². The van der Waals surface area contributed by atoms with Gasteiger partial charge in [-0.2, -0.15) is 0 Å². The molecular weight excluding hydrogens is 625 g/mol. The summed E-state index contributed by atoms with van der Waals surface area (Å²) >= 11 is 0. The molecule has 0 aromatic carbocycles. The van der Waals surface area contributed by atoms with Crippen LogP contribution in [0.2, 0.25) is 0 Å². The average Bonchev–Trinajstić information content (AvgIpc) is 3.13. The molecule has 296 valence electrons. The average molecular weight is 711 g/mol. The number of nitrogens with two attached hydrogens (primary N) is 1. The summed E-state index contributed by atoms with van der Waals surface area (Å²) in [6.07, 6.45) is 61.1. The Morgan fingerprint density at radius 2 is 0.784 bits per heavy atom. The minimum absolute atomic E-state index is 0.153. The number of rotatable bonds is 35. The van der Waals surface area contributed by atoms with Gasteiger partial charge < -0.3 is 15.8 Å². The quantitative estimate of drug-likeness (QED) is 0.0391. The fourth-order valence-electron chi connectivity index (χ4n) is 5.20. The van der Waals surface area contributed by atoms with Crippen LogP contribution in [0.15, 0.2) is 72.9 Å². The lowest BCUT2D eigenvalue weighted by molar-refractivity contribution is -0.118. The molecule has 4 heteroatoms. The highest BCUT2D eigenvalue weighted by Crippen LogP contribution is 2.13. The molecule has 4 nitrogen and oxygen atoms in total. The predicted molar refractivity (Wildman–Crippen MR) is 230 cm³/mol. The van der Waals surface area contributed by atoms with Crippen molar-refractivity contribution in [2.75, 3.05) is 13.6 Å². The zero-order valence-corrected chi connectivity index (χ0v) is 34.4. The van der Waals surface area contributed by atoms with Gasteiger partial charge in [0.1, 0.15) is 6.29 Å². The smallest absolute Gasteiger partial charge is 0.217 e. The normalized spacial score (nSPS) is 11.7. The molecule has 51 heavy (non-hydrogen) atoms. The summed E-state index contributed by atoms with van der Waals surface area (Å²) in [5, 5.41) is 3.13. The first-order chi connectivity index (χ1) is 25.1. The number of allylic oxidation sites excluding steroid dienone is 12. The second-order valence-corrected chi connectivity index (χ2v) is 13.5. The van der Waals surface area contributed by atoms with E-state index in [0.717, 1.165) is 57.7 Å². The molecule has 1 amide bonds. The van der Waals surface area contributed by atoms with Crippen LogP contribution in [0, 0.1) is 0 Å². The van der Waals surface area contributed by atoms with E-state index >= 15 is 0 Å². The summed E-state index contributed by atoms with van der Waals surface area (Å²) in [5.41, 5.74) is 5.11. The summed E-state index contributed by atoms with van der Waals surface area (Å²) in [6, 6.07) is 0.